The third kappa shape index (κ3) is 2.26. The molecule has 18 heavy (non-hydrogen) atoms. The number of fused-ring (bicyclic) bond motifs is 1. The molecule has 3 rings (SSSR count). The van der Waals surface area contributed by atoms with E-state index in [0.717, 1.165) is 30.2 Å². The lowest BCUT2D eigenvalue weighted by Crippen LogP contribution is -2.33. The van der Waals surface area contributed by atoms with Crippen molar-refractivity contribution in [2.45, 2.75) is 24.8 Å². The molecule has 1 aliphatic heterocycles. The Balaban J connectivity index is 1.80. The molecule has 1 aliphatic rings. The van der Waals surface area contributed by atoms with Crippen LogP contribution < -0.4 is 10.5 Å². The highest BCUT2D eigenvalue weighted by Gasteiger charge is 2.26. The zero-order chi connectivity index (χ0) is 12.4. The molecule has 3 nitrogen and oxygen atoms in total. The molecule has 2 unspecified atom stereocenters. The van der Waals surface area contributed by atoms with E-state index in [1.165, 1.54) is 5.56 Å². The van der Waals surface area contributed by atoms with Gasteiger partial charge < -0.3 is 10.5 Å². The van der Waals surface area contributed by atoms with Gasteiger partial charge in [-0.2, -0.15) is 0 Å². The van der Waals surface area contributed by atoms with Crippen LogP contribution in [0, 0.1) is 0 Å². The fraction of sp³-hybridized carbons (Fsp3) is 0.357. The number of aromatic nitrogens is 1. The molecule has 2 atom stereocenters. The third-order valence-electron chi connectivity index (χ3n) is 3.42. The zero-order valence-electron chi connectivity index (χ0n) is 10.1. The lowest BCUT2D eigenvalue weighted by atomic mass is 9.86. The minimum absolute atomic E-state index is 0.112. The maximum atomic E-state index is 6.37. The Morgan fingerprint density at radius 2 is 2.33 bits per heavy atom. The SMILES string of the molecule is NC(Cc1nccs1)C1CCOc2ccccc21. The molecule has 1 aromatic heterocycles. The summed E-state index contributed by atoms with van der Waals surface area (Å²) in [6, 6.07) is 8.32. The third-order valence-corrected chi connectivity index (χ3v) is 4.22. The fourth-order valence-electron chi connectivity index (χ4n) is 2.51. The average molecular weight is 260 g/mol. The number of hydrogen-bond donors (Lipinski definition) is 1. The summed E-state index contributed by atoms with van der Waals surface area (Å²) in [7, 11) is 0. The van der Waals surface area contributed by atoms with Gasteiger partial charge in [-0.05, 0) is 18.1 Å². The molecule has 0 amide bonds. The first kappa shape index (κ1) is 11.7. The lowest BCUT2D eigenvalue weighted by Gasteiger charge is -2.29. The van der Waals surface area contributed by atoms with Crippen molar-refractivity contribution in [2.24, 2.45) is 5.73 Å². The number of nitrogens with two attached hydrogens (primary N) is 1. The Morgan fingerprint density at radius 3 is 3.17 bits per heavy atom. The van der Waals surface area contributed by atoms with Crippen molar-refractivity contribution >= 4 is 11.3 Å². The molecular weight excluding hydrogens is 244 g/mol. The fourth-order valence-corrected chi connectivity index (χ4v) is 3.20. The molecule has 0 saturated carbocycles. The molecular formula is C14H16N2OS. The van der Waals surface area contributed by atoms with Gasteiger partial charge in [0.15, 0.2) is 0 Å². The standard InChI is InChI=1S/C14H16N2OS/c15-12(9-14-16-6-8-18-14)10-5-7-17-13-4-2-1-3-11(10)13/h1-4,6,8,10,12H,5,7,9,15H2. The van der Waals surface area contributed by atoms with Gasteiger partial charge >= 0.3 is 0 Å². The van der Waals surface area contributed by atoms with Gasteiger partial charge in [-0.25, -0.2) is 4.98 Å². The van der Waals surface area contributed by atoms with Crippen molar-refractivity contribution in [3.8, 4) is 5.75 Å². The molecule has 0 fully saturated rings. The summed E-state index contributed by atoms with van der Waals surface area (Å²) in [5.74, 6) is 1.36. The number of thiazole rings is 1. The van der Waals surface area contributed by atoms with Crippen LogP contribution in [0.1, 0.15) is 22.9 Å². The second kappa shape index (κ2) is 5.08. The van der Waals surface area contributed by atoms with E-state index < -0.39 is 0 Å². The molecule has 2 aromatic rings. The number of ether oxygens (including phenoxy) is 1. The summed E-state index contributed by atoms with van der Waals surface area (Å²) in [6.45, 7) is 0.757. The Kier molecular flexibility index (Phi) is 3.30. The molecule has 1 aromatic carbocycles. The molecule has 0 spiro atoms. The summed E-state index contributed by atoms with van der Waals surface area (Å²) >= 11 is 1.67. The minimum Gasteiger partial charge on any atom is -0.493 e. The van der Waals surface area contributed by atoms with Crippen LogP contribution in [0.15, 0.2) is 35.8 Å². The van der Waals surface area contributed by atoms with E-state index in [0.29, 0.717) is 5.92 Å². The summed E-state index contributed by atoms with van der Waals surface area (Å²) in [5.41, 5.74) is 7.61. The van der Waals surface area contributed by atoms with Crippen LogP contribution in [-0.4, -0.2) is 17.6 Å². The van der Waals surface area contributed by atoms with E-state index in [9.17, 15) is 0 Å². The van der Waals surface area contributed by atoms with Gasteiger partial charge in [0.05, 0.1) is 11.6 Å². The van der Waals surface area contributed by atoms with Crippen LogP contribution in [0.2, 0.25) is 0 Å². The Hall–Kier alpha value is -1.39. The lowest BCUT2D eigenvalue weighted by molar-refractivity contribution is 0.254. The van der Waals surface area contributed by atoms with E-state index in [-0.39, 0.29) is 6.04 Å². The molecule has 0 saturated heterocycles. The molecule has 0 bridgehead atoms. The van der Waals surface area contributed by atoms with Gasteiger partial charge in [0.2, 0.25) is 0 Å². The van der Waals surface area contributed by atoms with Crippen LogP contribution in [0.3, 0.4) is 0 Å². The highest BCUT2D eigenvalue weighted by atomic mass is 32.1. The van der Waals surface area contributed by atoms with Crippen molar-refractivity contribution in [3.63, 3.8) is 0 Å². The quantitative estimate of drug-likeness (QED) is 0.922. The summed E-state index contributed by atoms with van der Waals surface area (Å²) in [6.07, 6.45) is 3.67. The largest absolute Gasteiger partial charge is 0.493 e. The maximum Gasteiger partial charge on any atom is 0.122 e. The van der Waals surface area contributed by atoms with Crippen LogP contribution in [0.4, 0.5) is 0 Å². The first-order valence-corrected chi connectivity index (χ1v) is 7.08. The molecule has 94 valence electrons. The van der Waals surface area contributed by atoms with E-state index in [1.54, 1.807) is 11.3 Å². The second-order valence-corrected chi connectivity index (χ2v) is 5.55. The van der Waals surface area contributed by atoms with Crippen LogP contribution in [0.5, 0.6) is 5.75 Å². The van der Waals surface area contributed by atoms with Gasteiger partial charge in [0.1, 0.15) is 5.75 Å². The molecule has 0 radical (unpaired) electrons. The molecule has 0 aliphatic carbocycles. The van der Waals surface area contributed by atoms with Gasteiger partial charge in [0.25, 0.3) is 0 Å². The van der Waals surface area contributed by atoms with Gasteiger partial charge in [-0.1, -0.05) is 18.2 Å². The summed E-state index contributed by atoms with van der Waals surface area (Å²) < 4.78 is 5.67. The number of benzene rings is 1. The molecule has 2 heterocycles. The summed E-state index contributed by atoms with van der Waals surface area (Å²) in [4.78, 5) is 4.31. The smallest absolute Gasteiger partial charge is 0.122 e. The highest BCUT2D eigenvalue weighted by molar-refractivity contribution is 7.09. The van der Waals surface area contributed by atoms with E-state index >= 15 is 0 Å². The second-order valence-electron chi connectivity index (χ2n) is 4.58. The van der Waals surface area contributed by atoms with Crippen molar-refractivity contribution in [1.82, 2.24) is 4.98 Å². The van der Waals surface area contributed by atoms with E-state index in [4.69, 9.17) is 10.5 Å². The number of para-hydroxylation sites is 1. The number of rotatable bonds is 3. The van der Waals surface area contributed by atoms with Crippen LogP contribution in [0.25, 0.3) is 0 Å². The van der Waals surface area contributed by atoms with Gasteiger partial charge in [0, 0.05) is 30.0 Å². The van der Waals surface area contributed by atoms with Crippen molar-refractivity contribution in [3.05, 3.63) is 46.4 Å². The molecule has 2 N–H and O–H groups in total. The predicted octanol–water partition coefficient (Wildman–Crippen LogP) is 2.58. The van der Waals surface area contributed by atoms with E-state index in [2.05, 4.69) is 17.1 Å². The van der Waals surface area contributed by atoms with Crippen molar-refractivity contribution in [2.75, 3.05) is 6.61 Å². The van der Waals surface area contributed by atoms with Crippen LogP contribution in [-0.2, 0) is 6.42 Å². The first-order chi connectivity index (χ1) is 8.84. The van der Waals surface area contributed by atoms with E-state index in [1.807, 2.05) is 23.7 Å². The predicted molar refractivity (Wildman–Crippen MR) is 73.1 cm³/mol. The topological polar surface area (TPSA) is 48.1 Å². The Bertz CT molecular complexity index is 512. The van der Waals surface area contributed by atoms with Crippen molar-refractivity contribution < 1.29 is 4.74 Å². The van der Waals surface area contributed by atoms with Crippen LogP contribution >= 0.6 is 11.3 Å². The number of nitrogens with zero attached hydrogens (tertiary/aromatic N) is 1. The Morgan fingerprint density at radius 1 is 1.44 bits per heavy atom. The zero-order valence-corrected chi connectivity index (χ0v) is 10.9. The first-order valence-electron chi connectivity index (χ1n) is 6.20. The maximum absolute atomic E-state index is 6.37. The highest BCUT2D eigenvalue weighted by Crippen LogP contribution is 2.35. The van der Waals surface area contributed by atoms with Gasteiger partial charge in [-0.3, -0.25) is 0 Å². The van der Waals surface area contributed by atoms with Crippen molar-refractivity contribution in [1.29, 1.82) is 0 Å². The average Bonchev–Trinajstić information content (AvgIpc) is 2.91. The monoisotopic (exact) mass is 260 g/mol. The summed E-state index contributed by atoms with van der Waals surface area (Å²) in [5, 5.41) is 3.12. The number of hydrogen-bond acceptors (Lipinski definition) is 4. The molecule has 4 heteroatoms. The normalized spacial score (nSPS) is 19.9. The minimum atomic E-state index is 0.112. The van der Waals surface area contributed by atoms with Gasteiger partial charge in [-0.15, -0.1) is 11.3 Å². The Labute approximate surface area is 111 Å².